The van der Waals surface area contributed by atoms with Crippen LogP contribution in [0.25, 0.3) is 0 Å². The molecule has 2 unspecified atom stereocenters. The first-order valence-corrected chi connectivity index (χ1v) is 7.12. The molecule has 0 radical (unpaired) electrons. The Kier molecular flexibility index (Phi) is 4.77. The van der Waals surface area contributed by atoms with Crippen LogP contribution in [0.3, 0.4) is 0 Å². The second kappa shape index (κ2) is 6.33. The van der Waals surface area contributed by atoms with Gasteiger partial charge < -0.3 is 15.7 Å². The van der Waals surface area contributed by atoms with E-state index in [1.54, 1.807) is 13.2 Å². The van der Waals surface area contributed by atoms with E-state index in [2.05, 4.69) is 36.5 Å². The predicted molar refractivity (Wildman–Crippen MR) is 75.7 cm³/mol. The number of nitrogens with zero attached hydrogens (tertiary/aromatic N) is 2. The summed E-state index contributed by atoms with van der Waals surface area (Å²) < 4.78 is 0.840. The highest BCUT2D eigenvalue weighted by Gasteiger charge is 2.22. The number of aliphatic hydroxyl groups is 1. The van der Waals surface area contributed by atoms with Gasteiger partial charge >= 0.3 is 0 Å². The minimum atomic E-state index is -0.185. The van der Waals surface area contributed by atoms with Crippen LogP contribution in [0.5, 0.6) is 0 Å². The van der Waals surface area contributed by atoms with Gasteiger partial charge in [0.15, 0.2) is 0 Å². The number of nitrogens with one attached hydrogen (secondary N) is 2. The van der Waals surface area contributed by atoms with Gasteiger partial charge in [0.05, 0.1) is 10.6 Å². The Morgan fingerprint density at radius 3 is 2.94 bits per heavy atom. The molecule has 1 fully saturated rings. The standard InChI is InChI=1S/C12H19BrN4O/c1-14-12-16-7-9(13)11(17-12)15-6-8-4-2-3-5-10(8)18/h7-8,10,18H,2-6H2,1H3,(H2,14,15,16,17). The number of rotatable bonds is 4. The highest BCUT2D eigenvalue weighted by Crippen LogP contribution is 2.26. The summed E-state index contributed by atoms with van der Waals surface area (Å²) in [7, 11) is 1.79. The lowest BCUT2D eigenvalue weighted by molar-refractivity contribution is 0.0763. The van der Waals surface area contributed by atoms with E-state index in [1.165, 1.54) is 6.42 Å². The smallest absolute Gasteiger partial charge is 0.224 e. The maximum Gasteiger partial charge on any atom is 0.224 e. The van der Waals surface area contributed by atoms with E-state index in [1.807, 2.05) is 0 Å². The van der Waals surface area contributed by atoms with Crippen molar-refractivity contribution < 1.29 is 5.11 Å². The maximum atomic E-state index is 9.92. The zero-order chi connectivity index (χ0) is 13.0. The summed E-state index contributed by atoms with van der Waals surface area (Å²) >= 11 is 3.42. The lowest BCUT2D eigenvalue weighted by Crippen LogP contribution is -2.30. The number of aliphatic hydroxyl groups excluding tert-OH is 1. The Morgan fingerprint density at radius 1 is 1.44 bits per heavy atom. The molecule has 18 heavy (non-hydrogen) atoms. The van der Waals surface area contributed by atoms with Crippen LogP contribution < -0.4 is 10.6 Å². The van der Waals surface area contributed by atoms with Gasteiger partial charge in [0.1, 0.15) is 5.82 Å². The van der Waals surface area contributed by atoms with Crippen molar-refractivity contribution in [2.45, 2.75) is 31.8 Å². The summed E-state index contributed by atoms with van der Waals surface area (Å²) in [5, 5.41) is 16.1. The number of hydrogen-bond donors (Lipinski definition) is 3. The van der Waals surface area contributed by atoms with Crippen LogP contribution in [0.1, 0.15) is 25.7 Å². The third-order valence-electron chi connectivity index (χ3n) is 3.37. The summed E-state index contributed by atoms with van der Waals surface area (Å²) in [6.45, 7) is 0.750. The molecule has 0 spiro atoms. The van der Waals surface area contributed by atoms with E-state index in [0.717, 1.165) is 36.1 Å². The Labute approximate surface area is 116 Å². The largest absolute Gasteiger partial charge is 0.393 e. The van der Waals surface area contributed by atoms with Gasteiger partial charge in [-0.1, -0.05) is 12.8 Å². The molecule has 0 saturated heterocycles. The summed E-state index contributed by atoms with van der Waals surface area (Å²) in [6.07, 6.45) is 5.87. The van der Waals surface area contributed by atoms with Crippen molar-refractivity contribution in [1.29, 1.82) is 0 Å². The molecule has 1 aliphatic rings. The quantitative estimate of drug-likeness (QED) is 0.795. The van der Waals surface area contributed by atoms with Crippen molar-refractivity contribution in [2.24, 2.45) is 5.92 Å². The highest BCUT2D eigenvalue weighted by molar-refractivity contribution is 9.10. The van der Waals surface area contributed by atoms with Gasteiger partial charge in [-0.2, -0.15) is 4.98 Å². The van der Waals surface area contributed by atoms with Crippen molar-refractivity contribution in [3.05, 3.63) is 10.7 Å². The summed E-state index contributed by atoms with van der Waals surface area (Å²) in [4.78, 5) is 8.45. The van der Waals surface area contributed by atoms with Crippen LogP contribution in [0.4, 0.5) is 11.8 Å². The van der Waals surface area contributed by atoms with E-state index in [4.69, 9.17) is 0 Å². The fourth-order valence-electron chi connectivity index (χ4n) is 2.27. The summed E-state index contributed by atoms with van der Waals surface area (Å²) in [5.41, 5.74) is 0. The van der Waals surface area contributed by atoms with Crippen molar-refractivity contribution >= 4 is 27.7 Å². The molecule has 3 N–H and O–H groups in total. The number of aromatic nitrogens is 2. The van der Waals surface area contributed by atoms with Crippen LogP contribution in [-0.2, 0) is 0 Å². The van der Waals surface area contributed by atoms with Gasteiger partial charge in [-0.15, -0.1) is 0 Å². The fourth-order valence-corrected chi connectivity index (χ4v) is 2.60. The Bertz CT molecular complexity index is 402. The van der Waals surface area contributed by atoms with Gasteiger partial charge in [-0.25, -0.2) is 4.98 Å². The minimum absolute atomic E-state index is 0.185. The molecule has 1 aromatic rings. The highest BCUT2D eigenvalue weighted by atomic mass is 79.9. The second-order valence-corrected chi connectivity index (χ2v) is 5.49. The lowest BCUT2D eigenvalue weighted by atomic mass is 9.86. The molecule has 0 aromatic carbocycles. The molecule has 2 rings (SSSR count). The first-order chi connectivity index (χ1) is 8.70. The van der Waals surface area contributed by atoms with Crippen LogP contribution >= 0.6 is 15.9 Å². The van der Waals surface area contributed by atoms with Crippen LogP contribution in [0.2, 0.25) is 0 Å². The van der Waals surface area contributed by atoms with E-state index >= 15 is 0 Å². The molecule has 1 aromatic heterocycles. The van der Waals surface area contributed by atoms with Crippen molar-refractivity contribution in [3.8, 4) is 0 Å². The third kappa shape index (κ3) is 3.32. The molecule has 1 aliphatic carbocycles. The monoisotopic (exact) mass is 314 g/mol. The molecular formula is C12H19BrN4O. The van der Waals surface area contributed by atoms with Gasteiger partial charge in [0, 0.05) is 25.7 Å². The van der Waals surface area contributed by atoms with Crippen molar-refractivity contribution in [1.82, 2.24) is 9.97 Å². The van der Waals surface area contributed by atoms with Gasteiger partial charge in [-0.3, -0.25) is 0 Å². The van der Waals surface area contributed by atoms with Crippen LogP contribution in [0, 0.1) is 5.92 Å². The minimum Gasteiger partial charge on any atom is -0.393 e. The summed E-state index contributed by atoms with van der Waals surface area (Å²) in [6, 6.07) is 0. The number of anilines is 2. The van der Waals surface area contributed by atoms with E-state index in [-0.39, 0.29) is 6.10 Å². The topological polar surface area (TPSA) is 70.1 Å². The average molecular weight is 315 g/mol. The fraction of sp³-hybridized carbons (Fsp3) is 0.667. The molecule has 100 valence electrons. The third-order valence-corrected chi connectivity index (χ3v) is 3.95. The molecule has 0 aliphatic heterocycles. The molecule has 1 saturated carbocycles. The van der Waals surface area contributed by atoms with Crippen molar-refractivity contribution in [3.63, 3.8) is 0 Å². The molecule has 2 atom stereocenters. The van der Waals surface area contributed by atoms with E-state index in [9.17, 15) is 5.11 Å². The Morgan fingerprint density at radius 2 is 2.22 bits per heavy atom. The maximum absolute atomic E-state index is 9.92. The zero-order valence-electron chi connectivity index (χ0n) is 10.5. The molecule has 0 bridgehead atoms. The number of halogens is 1. The molecule has 6 heteroatoms. The molecule has 0 amide bonds. The van der Waals surface area contributed by atoms with Gasteiger partial charge in [-0.05, 0) is 28.8 Å². The van der Waals surface area contributed by atoms with Crippen LogP contribution in [-0.4, -0.2) is 34.8 Å². The molecule has 5 nitrogen and oxygen atoms in total. The van der Waals surface area contributed by atoms with E-state index < -0.39 is 0 Å². The van der Waals surface area contributed by atoms with Gasteiger partial charge in [0.25, 0.3) is 0 Å². The normalized spacial score (nSPS) is 23.7. The molecule has 1 heterocycles. The van der Waals surface area contributed by atoms with E-state index in [0.29, 0.717) is 11.9 Å². The Hall–Kier alpha value is -0.880. The lowest BCUT2D eigenvalue weighted by Gasteiger charge is -2.27. The second-order valence-electron chi connectivity index (χ2n) is 4.63. The zero-order valence-corrected chi connectivity index (χ0v) is 12.1. The average Bonchev–Trinajstić information content (AvgIpc) is 2.39. The Balaban J connectivity index is 1.96. The molecular weight excluding hydrogens is 296 g/mol. The number of hydrogen-bond acceptors (Lipinski definition) is 5. The summed E-state index contributed by atoms with van der Waals surface area (Å²) in [5.74, 6) is 1.68. The van der Waals surface area contributed by atoms with Gasteiger partial charge in [0.2, 0.25) is 5.95 Å². The van der Waals surface area contributed by atoms with Crippen LogP contribution in [0.15, 0.2) is 10.7 Å². The predicted octanol–water partition coefficient (Wildman–Crippen LogP) is 2.24. The first-order valence-electron chi connectivity index (χ1n) is 6.33. The SMILES string of the molecule is CNc1ncc(Br)c(NCC2CCCCC2O)n1. The van der Waals surface area contributed by atoms with Crippen molar-refractivity contribution in [2.75, 3.05) is 24.2 Å². The first kappa shape index (κ1) is 13.5.